The number of ether oxygens (including phenoxy) is 1. The van der Waals surface area contributed by atoms with Crippen LogP contribution in [0.2, 0.25) is 0 Å². The Balaban J connectivity index is 1.42. The van der Waals surface area contributed by atoms with Crippen LogP contribution < -0.4 is 5.84 Å². The van der Waals surface area contributed by atoms with Crippen molar-refractivity contribution >= 4 is 11.7 Å². The van der Waals surface area contributed by atoms with Gasteiger partial charge >= 0.3 is 5.97 Å². The second kappa shape index (κ2) is 8.65. The fourth-order valence-electron chi connectivity index (χ4n) is 3.63. The molecule has 4 nitrogen and oxygen atoms in total. The normalized spacial score (nSPS) is 25.7. The molecule has 2 aliphatic rings. The van der Waals surface area contributed by atoms with Crippen molar-refractivity contribution in [3.63, 3.8) is 0 Å². The number of cyclic esters (lactones) is 1. The summed E-state index contributed by atoms with van der Waals surface area (Å²) in [6.45, 7) is 0. The first-order valence-corrected chi connectivity index (χ1v) is 9.13. The topological polar surface area (TPSA) is 64.7 Å². The smallest absolute Gasteiger partial charge is 0.306 e. The second-order valence-corrected chi connectivity index (χ2v) is 6.88. The summed E-state index contributed by atoms with van der Waals surface area (Å²) in [6.07, 6.45) is 14.0. The summed E-state index contributed by atoms with van der Waals surface area (Å²) in [5.41, 5.74) is 2.07. The van der Waals surface area contributed by atoms with E-state index in [2.05, 4.69) is 29.4 Å². The Labute approximate surface area is 149 Å². The number of unbranched alkanes of at least 4 members (excludes halogenated alkanes) is 1. The Morgan fingerprint density at radius 1 is 1.08 bits per heavy atom. The zero-order valence-corrected chi connectivity index (χ0v) is 14.5. The van der Waals surface area contributed by atoms with Gasteiger partial charge in [0.1, 0.15) is 6.10 Å². The Bertz CT molecular complexity index is 648. The molecule has 1 aliphatic carbocycles. The highest BCUT2D eigenvalue weighted by Gasteiger charge is 2.29. The third kappa shape index (κ3) is 5.05. The van der Waals surface area contributed by atoms with Gasteiger partial charge in [-0.25, -0.2) is 0 Å². The van der Waals surface area contributed by atoms with Crippen LogP contribution in [0, 0.1) is 5.92 Å². The molecule has 0 bridgehead atoms. The maximum Gasteiger partial charge on any atom is 0.306 e. The van der Waals surface area contributed by atoms with Gasteiger partial charge in [-0.1, -0.05) is 48.9 Å². The molecule has 1 heterocycles. The number of nitrogens with zero attached hydrogens (tertiary/aromatic N) is 1. The van der Waals surface area contributed by atoms with E-state index in [1.54, 1.807) is 0 Å². The van der Waals surface area contributed by atoms with E-state index in [1.807, 2.05) is 30.4 Å². The van der Waals surface area contributed by atoms with Crippen molar-refractivity contribution in [2.24, 2.45) is 16.9 Å². The SMILES string of the molecule is NN=C1C=CC(CCCC[C@@H]2C[C@@H](c3ccccc3)CC(=O)O2)C=C1. The van der Waals surface area contributed by atoms with Gasteiger partial charge in [0.05, 0.1) is 12.1 Å². The lowest BCUT2D eigenvalue weighted by Crippen LogP contribution is -2.28. The molecule has 3 rings (SSSR count). The fraction of sp³-hybridized carbons (Fsp3) is 0.429. The lowest BCUT2D eigenvalue weighted by Gasteiger charge is -2.29. The van der Waals surface area contributed by atoms with Crippen molar-refractivity contribution in [3.8, 4) is 0 Å². The maximum absolute atomic E-state index is 11.9. The van der Waals surface area contributed by atoms with Gasteiger partial charge in [-0.3, -0.25) is 4.79 Å². The summed E-state index contributed by atoms with van der Waals surface area (Å²) < 4.78 is 5.56. The van der Waals surface area contributed by atoms with Gasteiger partial charge < -0.3 is 10.6 Å². The Morgan fingerprint density at radius 2 is 1.80 bits per heavy atom. The number of carbonyl (C=O) groups is 1. The molecule has 2 atom stereocenters. The number of esters is 1. The Morgan fingerprint density at radius 3 is 2.52 bits per heavy atom. The van der Waals surface area contributed by atoms with E-state index in [0.29, 0.717) is 18.3 Å². The summed E-state index contributed by atoms with van der Waals surface area (Å²) >= 11 is 0. The van der Waals surface area contributed by atoms with Crippen molar-refractivity contribution in [3.05, 3.63) is 60.2 Å². The summed E-state index contributed by atoms with van der Waals surface area (Å²) in [6, 6.07) is 10.3. The van der Waals surface area contributed by atoms with Crippen LogP contribution >= 0.6 is 0 Å². The van der Waals surface area contributed by atoms with E-state index in [1.165, 1.54) is 5.56 Å². The first-order valence-electron chi connectivity index (χ1n) is 9.13. The number of allylic oxidation sites excluding steroid dienone is 4. The number of benzene rings is 1. The molecular weight excluding hydrogens is 312 g/mol. The average Bonchev–Trinajstić information content (AvgIpc) is 2.66. The van der Waals surface area contributed by atoms with Gasteiger partial charge in [-0.15, -0.1) is 0 Å². The van der Waals surface area contributed by atoms with Crippen LogP contribution in [-0.2, 0) is 9.53 Å². The molecule has 132 valence electrons. The van der Waals surface area contributed by atoms with Gasteiger partial charge in [0.15, 0.2) is 0 Å². The van der Waals surface area contributed by atoms with Crippen molar-refractivity contribution in [1.29, 1.82) is 0 Å². The molecule has 0 unspecified atom stereocenters. The lowest BCUT2D eigenvalue weighted by atomic mass is 9.86. The molecule has 2 N–H and O–H groups in total. The van der Waals surface area contributed by atoms with E-state index in [-0.39, 0.29) is 12.1 Å². The standard InChI is InChI=1S/C21H26N2O2/c22-23-19-12-10-16(11-13-19)6-4-5-9-20-14-18(15-21(24)25-20)17-7-2-1-3-8-17/h1-3,7-8,10-13,16,18,20H,4-6,9,14-15,22H2/t16?,18-,20-/m1/s1. The summed E-state index contributed by atoms with van der Waals surface area (Å²) in [5.74, 6) is 5.95. The second-order valence-electron chi connectivity index (χ2n) is 6.88. The molecule has 1 fully saturated rings. The molecule has 0 amide bonds. The number of nitrogens with two attached hydrogens (primary N) is 1. The average molecular weight is 338 g/mol. The summed E-state index contributed by atoms with van der Waals surface area (Å²) in [4.78, 5) is 11.9. The summed E-state index contributed by atoms with van der Waals surface area (Å²) in [5, 5.41) is 3.67. The minimum atomic E-state index is -0.0585. The Hall–Kier alpha value is -2.36. The number of carbonyl (C=O) groups excluding carboxylic acids is 1. The molecule has 0 spiro atoms. The number of rotatable bonds is 6. The van der Waals surface area contributed by atoms with Gasteiger partial charge in [0, 0.05) is 0 Å². The van der Waals surface area contributed by atoms with Crippen LogP contribution in [-0.4, -0.2) is 17.8 Å². The first kappa shape index (κ1) is 17.5. The third-order valence-corrected chi connectivity index (χ3v) is 5.02. The van der Waals surface area contributed by atoms with Crippen molar-refractivity contribution in [1.82, 2.24) is 0 Å². The van der Waals surface area contributed by atoms with Gasteiger partial charge in [-0.05, 0) is 55.2 Å². The van der Waals surface area contributed by atoms with Gasteiger partial charge in [-0.2, -0.15) is 5.10 Å². The van der Waals surface area contributed by atoms with Crippen LogP contribution in [0.4, 0.5) is 0 Å². The predicted octanol–water partition coefficient (Wildman–Crippen LogP) is 4.09. The van der Waals surface area contributed by atoms with Crippen molar-refractivity contribution in [2.45, 2.75) is 50.5 Å². The molecule has 0 saturated carbocycles. The van der Waals surface area contributed by atoms with E-state index in [4.69, 9.17) is 10.6 Å². The third-order valence-electron chi connectivity index (χ3n) is 5.02. The zero-order chi connectivity index (χ0) is 17.5. The van der Waals surface area contributed by atoms with Crippen LogP contribution in [0.5, 0.6) is 0 Å². The van der Waals surface area contributed by atoms with Crippen LogP contribution in [0.25, 0.3) is 0 Å². The predicted molar refractivity (Wildman–Crippen MR) is 100 cm³/mol. The quantitative estimate of drug-likeness (QED) is 0.368. The van der Waals surface area contributed by atoms with E-state index in [0.717, 1.165) is 37.8 Å². The first-order chi connectivity index (χ1) is 12.2. The molecular formula is C21H26N2O2. The largest absolute Gasteiger partial charge is 0.462 e. The maximum atomic E-state index is 11.9. The molecule has 1 saturated heterocycles. The highest BCUT2D eigenvalue weighted by atomic mass is 16.5. The summed E-state index contributed by atoms with van der Waals surface area (Å²) in [7, 11) is 0. The molecule has 1 aromatic rings. The molecule has 0 radical (unpaired) electrons. The molecule has 1 aromatic carbocycles. The number of hydrazone groups is 1. The number of hydrogen-bond acceptors (Lipinski definition) is 4. The zero-order valence-electron chi connectivity index (χ0n) is 14.5. The highest BCUT2D eigenvalue weighted by molar-refractivity contribution is 6.04. The Kier molecular flexibility index (Phi) is 6.04. The molecule has 25 heavy (non-hydrogen) atoms. The highest BCUT2D eigenvalue weighted by Crippen LogP contribution is 2.32. The van der Waals surface area contributed by atoms with E-state index in [9.17, 15) is 4.79 Å². The van der Waals surface area contributed by atoms with E-state index >= 15 is 0 Å². The van der Waals surface area contributed by atoms with E-state index < -0.39 is 0 Å². The lowest BCUT2D eigenvalue weighted by molar-refractivity contribution is -0.155. The molecule has 4 heteroatoms. The monoisotopic (exact) mass is 338 g/mol. The minimum absolute atomic E-state index is 0.0554. The number of hydrogen-bond donors (Lipinski definition) is 1. The minimum Gasteiger partial charge on any atom is -0.462 e. The van der Waals surface area contributed by atoms with Gasteiger partial charge in [0.25, 0.3) is 0 Å². The van der Waals surface area contributed by atoms with Crippen LogP contribution in [0.1, 0.15) is 50.0 Å². The fourth-order valence-corrected chi connectivity index (χ4v) is 3.63. The molecule has 1 aliphatic heterocycles. The van der Waals surface area contributed by atoms with Crippen LogP contribution in [0.3, 0.4) is 0 Å². The van der Waals surface area contributed by atoms with Crippen LogP contribution in [0.15, 0.2) is 59.7 Å². The van der Waals surface area contributed by atoms with Crippen molar-refractivity contribution < 1.29 is 9.53 Å². The molecule has 0 aromatic heterocycles. The van der Waals surface area contributed by atoms with Crippen molar-refractivity contribution in [2.75, 3.05) is 0 Å². The van der Waals surface area contributed by atoms with Gasteiger partial charge in [0.2, 0.25) is 0 Å².